The molecule has 9 aromatic rings. The molecule has 0 amide bonds. The standard InChI is InChI=1S/C46H24N6/c47-25-29-16-19-44-40(20-29)39-12-3-6-15-43(39)52(44)45-24-30(17-18-31(45)26-48)34-21-35(46-32(27-49)8-7-9-33(46)28-50)23-36(22-34)51-41-13-4-1-10-37(41)38-11-2-5-14-42(38)51/h1-24H. The van der Waals surface area contributed by atoms with Crippen LogP contribution in [0.1, 0.15) is 22.3 Å². The highest BCUT2D eigenvalue weighted by molar-refractivity contribution is 6.11. The second-order valence-corrected chi connectivity index (χ2v) is 12.6. The van der Waals surface area contributed by atoms with Gasteiger partial charge < -0.3 is 9.13 Å². The van der Waals surface area contributed by atoms with Crippen molar-refractivity contribution >= 4 is 43.6 Å². The molecule has 0 atom stereocenters. The number of benzene rings is 7. The summed E-state index contributed by atoms with van der Waals surface area (Å²) in [5.74, 6) is 0. The molecule has 0 N–H and O–H groups in total. The van der Waals surface area contributed by atoms with Crippen molar-refractivity contribution in [2.45, 2.75) is 0 Å². The van der Waals surface area contributed by atoms with Gasteiger partial charge in [0.25, 0.3) is 0 Å². The van der Waals surface area contributed by atoms with Gasteiger partial charge in [-0.05, 0) is 95.6 Å². The van der Waals surface area contributed by atoms with E-state index in [9.17, 15) is 21.0 Å². The molecule has 0 unspecified atom stereocenters. The zero-order valence-corrected chi connectivity index (χ0v) is 27.5. The van der Waals surface area contributed by atoms with Crippen molar-refractivity contribution in [1.29, 1.82) is 21.0 Å². The second-order valence-electron chi connectivity index (χ2n) is 12.6. The molecule has 0 saturated heterocycles. The Morgan fingerprint density at radius 2 is 0.923 bits per heavy atom. The van der Waals surface area contributed by atoms with E-state index in [1.165, 1.54) is 0 Å². The molecule has 0 fully saturated rings. The number of rotatable bonds is 4. The number of hydrogen-bond donors (Lipinski definition) is 0. The Hall–Kier alpha value is -7.90. The van der Waals surface area contributed by atoms with E-state index in [0.29, 0.717) is 33.5 Å². The van der Waals surface area contributed by atoms with Crippen LogP contribution in [0.25, 0.3) is 77.2 Å². The molecule has 0 aliphatic carbocycles. The summed E-state index contributed by atoms with van der Waals surface area (Å²) in [6.07, 6.45) is 0. The summed E-state index contributed by atoms with van der Waals surface area (Å²) < 4.78 is 4.31. The molecule has 9 rings (SSSR count). The number of para-hydroxylation sites is 3. The van der Waals surface area contributed by atoms with Crippen LogP contribution < -0.4 is 0 Å². The smallest absolute Gasteiger partial charge is 0.101 e. The van der Waals surface area contributed by atoms with Gasteiger partial charge in [-0.15, -0.1) is 0 Å². The normalized spacial score (nSPS) is 11.0. The minimum absolute atomic E-state index is 0.409. The minimum Gasteiger partial charge on any atom is -0.309 e. The molecule has 0 aliphatic heterocycles. The largest absolute Gasteiger partial charge is 0.309 e. The van der Waals surface area contributed by atoms with Crippen LogP contribution in [0.5, 0.6) is 0 Å². The summed E-state index contributed by atoms with van der Waals surface area (Å²) in [6.45, 7) is 0. The summed E-state index contributed by atoms with van der Waals surface area (Å²) in [7, 11) is 0. The summed E-state index contributed by atoms with van der Waals surface area (Å²) in [5.41, 5.74) is 10.3. The molecule has 0 spiro atoms. The maximum atomic E-state index is 10.4. The van der Waals surface area contributed by atoms with Gasteiger partial charge in [-0.1, -0.05) is 66.7 Å². The van der Waals surface area contributed by atoms with Gasteiger partial charge in [0.05, 0.1) is 68.2 Å². The Morgan fingerprint density at radius 1 is 0.365 bits per heavy atom. The van der Waals surface area contributed by atoms with Crippen LogP contribution in [0, 0.1) is 45.3 Å². The maximum Gasteiger partial charge on any atom is 0.101 e. The third kappa shape index (κ3) is 4.54. The molecule has 0 aliphatic rings. The van der Waals surface area contributed by atoms with Crippen LogP contribution in [0.2, 0.25) is 0 Å². The molecule has 0 saturated carbocycles. The summed E-state index contributed by atoms with van der Waals surface area (Å²) in [6, 6.07) is 56.7. The molecule has 6 nitrogen and oxygen atoms in total. The number of hydrogen-bond acceptors (Lipinski definition) is 4. The predicted molar refractivity (Wildman–Crippen MR) is 205 cm³/mol. The van der Waals surface area contributed by atoms with Crippen LogP contribution in [0.3, 0.4) is 0 Å². The molecular weight excluding hydrogens is 637 g/mol. The lowest BCUT2D eigenvalue weighted by Crippen LogP contribution is -2.00. The zero-order chi connectivity index (χ0) is 35.3. The van der Waals surface area contributed by atoms with E-state index in [0.717, 1.165) is 66.0 Å². The van der Waals surface area contributed by atoms with Gasteiger partial charge in [-0.3, -0.25) is 0 Å². The Balaban J connectivity index is 1.36. The fourth-order valence-electron chi connectivity index (χ4n) is 7.59. The van der Waals surface area contributed by atoms with E-state index in [1.54, 1.807) is 24.3 Å². The third-order valence-corrected chi connectivity index (χ3v) is 9.84. The molecule has 2 heterocycles. The highest BCUT2D eigenvalue weighted by Crippen LogP contribution is 2.40. The Bertz CT molecular complexity index is 3040. The van der Waals surface area contributed by atoms with Gasteiger partial charge in [0.1, 0.15) is 6.07 Å². The fraction of sp³-hybridized carbons (Fsp3) is 0. The van der Waals surface area contributed by atoms with Crippen molar-refractivity contribution in [2.24, 2.45) is 0 Å². The van der Waals surface area contributed by atoms with E-state index in [-0.39, 0.29) is 0 Å². The summed E-state index contributed by atoms with van der Waals surface area (Å²) >= 11 is 0. The first-order valence-corrected chi connectivity index (χ1v) is 16.7. The molecule has 7 aromatic carbocycles. The van der Waals surface area contributed by atoms with E-state index >= 15 is 0 Å². The molecule has 0 radical (unpaired) electrons. The lowest BCUT2D eigenvalue weighted by atomic mass is 9.91. The van der Waals surface area contributed by atoms with Crippen LogP contribution in [0.4, 0.5) is 0 Å². The number of fused-ring (bicyclic) bond motifs is 6. The minimum atomic E-state index is 0.409. The highest BCUT2D eigenvalue weighted by Gasteiger charge is 2.20. The van der Waals surface area contributed by atoms with Crippen LogP contribution in [0.15, 0.2) is 146 Å². The van der Waals surface area contributed by atoms with Gasteiger partial charge in [-0.25, -0.2) is 0 Å². The Morgan fingerprint density at radius 3 is 1.54 bits per heavy atom. The predicted octanol–water partition coefficient (Wildman–Crippen LogP) is 10.7. The fourth-order valence-corrected chi connectivity index (χ4v) is 7.59. The molecule has 6 heteroatoms. The summed E-state index contributed by atoms with van der Waals surface area (Å²) in [4.78, 5) is 0. The number of nitriles is 4. The van der Waals surface area contributed by atoms with Crippen LogP contribution in [-0.4, -0.2) is 9.13 Å². The highest BCUT2D eigenvalue weighted by atomic mass is 15.0. The van der Waals surface area contributed by atoms with Crippen LogP contribution in [-0.2, 0) is 0 Å². The monoisotopic (exact) mass is 660 g/mol. The molecular formula is C46H24N6. The van der Waals surface area contributed by atoms with Gasteiger partial charge in [0.2, 0.25) is 0 Å². The zero-order valence-electron chi connectivity index (χ0n) is 27.5. The first-order chi connectivity index (χ1) is 25.6. The number of aromatic nitrogens is 2. The number of nitrogens with zero attached hydrogens (tertiary/aromatic N) is 6. The Kier molecular flexibility index (Phi) is 6.91. The van der Waals surface area contributed by atoms with Crippen molar-refractivity contribution < 1.29 is 0 Å². The molecule has 52 heavy (non-hydrogen) atoms. The summed E-state index contributed by atoms with van der Waals surface area (Å²) in [5, 5.41) is 44.7. The lowest BCUT2D eigenvalue weighted by Gasteiger charge is -2.17. The van der Waals surface area contributed by atoms with E-state index in [2.05, 4.69) is 63.7 Å². The SMILES string of the molecule is N#Cc1ccc2c(c1)c1ccccc1n2-c1cc(-c2cc(-c3c(C#N)cccc3C#N)cc(-n3c4ccccc4c4ccccc43)c2)ccc1C#N. The molecule has 0 bridgehead atoms. The average molecular weight is 661 g/mol. The maximum absolute atomic E-state index is 10.4. The first-order valence-electron chi connectivity index (χ1n) is 16.7. The van der Waals surface area contributed by atoms with Crippen molar-refractivity contribution in [1.82, 2.24) is 9.13 Å². The van der Waals surface area contributed by atoms with Gasteiger partial charge in [0.15, 0.2) is 0 Å². The first kappa shape index (κ1) is 30.2. The second kappa shape index (κ2) is 11.9. The topological polar surface area (TPSA) is 105 Å². The van der Waals surface area contributed by atoms with E-state index in [1.807, 2.05) is 91.0 Å². The Labute approximate surface area is 298 Å². The third-order valence-electron chi connectivity index (χ3n) is 9.84. The van der Waals surface area contributed by atoms with Crippen molar-refractivity contribution in [3.05, 3.63) is 168 Å². The van der Waals surface area contributed by atoms with E-state index in [4.69, 9.17) is 0 Å². The van der Waals surface area contributed by atoms with Crippen molar-refractivity contribution in [3.8, 4) is 57.9 Å². The van der Waals surface area contributed by atoms with Crippen LogP contribution >= 0.6 is 0 Å². The van der Waals surface area contributed by atoms with E-state index < -0.39 is 0 Å². The van der Waals surface area contributed by atoms with Crippen molar-refractivity contribution in [3.63, 3.8) is 0 Å². The van der Waals surface area contributed by atoms with Crippen molar-refractivity contribution in [2.75, 3.05) is 0 Å². The van der Waals surface area contributed by atoms with Gasteiger partial charge in [-0.2, -0.15) is 21.0 Å². The molecule has 2 aromatic heterocycles. The van der Waals surface area contributed by atoms with Gasteiger partial charge in [0, 0.05) is 32.8 Å². The molecule has 238 valence electrons. The quantitative estimate of drug-likeness (QED) is 0.187. The lowest BCUT2D eigenvalue weighted by molar-refractivity contribution is 1.16. The van der Waals surface area contributed by atoms with Gasteiger partial charge >= 0.3 is 0 Å². The average Bonchev–Trinajstić information content (AvgIpc) is 3.72.